The summed E-state index contributed by atoms with van der Waals surface area (Å²) < 4.78 is 7.18. The lowest BCUT2D eigenvalue weighted by molar-refractivity contribution is -0.126. The molecule has 0 radical (unpaired) electrons. The van der Waals surface area contributed by atoms with Gasteiger partial charge in [0.25, 0.3) is 5.89 Å². The van der Waals surface area contributed by atoms with Crippen molar-refractivity contribution in [3.8, 4) is 22.6 Å². The average Bonchev–Trinajstić information content (AvgIpc) is 3.49. The van der Waals surface area contributed by atoms with Crippen molar-refractivity contribution < 1.29 is 9.32 Å². The van der Waals surface area contributed by atoms with Gasteiger partial charge in [-0.25, -0.2) is 9.97 Å². The van der Waals surface area contributed by atoms with Gasteiger partial charge in [-0.1, -0.05) is 42.8 Å². The third-order valence-corrected chi connectivity index (χ3v) is 7.06. The minimum atomic E-state index is -0.923. The standard InChI is InChI=1S/C24H26N8O2/c1-3-23(2,20(25)33)32-14-17(13-29-32)19-30-21(31-34-19)24(9-4-10-24)18-7-5-15(6-8-18)16-11-27-22(26)28-12-16/h5-8,11-14H,3-4,9-10H2,1-2H3,(H2,25,33)(H2,26,27,28). The fraction of sp³-hybridized carbons (Fsp3) is 0.333. The fourth-order valence-electron chi connectivity index (χ4n) is 4.33. The number of hydrogen-bond acceptors (Lipinski definition) is 8. The first-order valence-electron chi connectivity index (χ1n) is 11.2. The second-order valence-corrected chi connectivity index (χ2v) is 8.93. The van der Waals surface area contributed by atoms with Crippen molar-refractivity contribution in [2.24, 2.45) is 5.73 Å². The summed E-state index contributed by atoms with van der Waals surface area (Å²) in [5.74, 6) is 0.823. The molecule has 1 saturated carbocycles. The molecule has 5 rings (SSSR count). The van der Waals surface area contributed by atoms with Gasteiger partial charge in [0.15, 0.2) is 5.82 Å². The van der Waals surface area contributed by atoms with Gasteiger partial charge in [-0.15, -0.1) is 0 Å². The normalized spacial score (nSPS) is 16.5. The largest absolute Gasteiger partial charge is 0.368 e. The van der Waals surface area contributed by atoms with Crippen molar-refractivity contribution in [1.29, 1.82) is 0 Å². The molecular formula is C24H26N8O2. The van der Waals surface area contributed by atoms with Gasteiger partial charge >= 0.3 is 0 Å². The molecule has 4 aromatic rings. The predicted molar refractivity (Wildman–Crippen MR) is 125 cm³/mol. The minimum Gasteiger partial charge on any atom is -0.368 e. The number of benzene rings is 1. The van der Waals surface area contributed by atoms with Crippen molar-refractivity contribution in [3.63, 3.8) is 0 Å². The molecule has 3 heterocycles. The quantitative estimate of drug-likeness (QED) is 0.429. The number of nitrogens with zero attached hydrogens (tertiary/aromatic N) is 6. The van der Waals surface area contributed by atoms with Gasteiger partial charge in [0.05, 0.1) is 17.2 Å². The Labute approximate surface area is 196 Å². The maximum atomic E-state index is 12.0. The molecule has 10 heteroatoms. The molecule has 174 valence electrons. The van der Waals surface area contributed by atoms with Crippen molar-refractivity contribution in [2.75, 3.05) is 5.73 Å². The van der Waals surface area contributed by atoms with E-state index in [1.807, 2.05) is 19.1 Å². The minimum absolute atomic E-state index is 0.251. The maximum Gasteiger partial charge on any atom is 0.261 e. The Morgan fingerprint density at radius 1 is 1.12 bits per heavy atom. The highest BCUT2D eigenvalue weighted by Gasteiger charge is 2.44. The molecule has 10 nitrogen and oxygen atoms in total. The topological polar surface area (TPSA) is 152 Å². The van der Waals surface area contributed by atoms with Crippen molar-refractivity contribution >= 4 is 11.9 Å². The van der Waals surface area contributed by atoms with Crippen LogP contribution in [0.4, 0.5) is 5.95 Å². The lowest BCUT2D eigenvalue weighted by Crippen LogP contribution is -2.43. The van der Waals surface area contributed by atoms with Crippen LogP contribution in [0.1, 0.15) is 50.9 Å². The van der Waals surface area contributed by atoms with E-state index >= 15 is 0 Å². The molecule has 1 aliphatic carbocycles. The fourth-order valence-corrected chi connectivity index (χ4v) is 4.33. The zero-order valence-corrected chi connectivity index (χ0v) is 19.1. The Bertz CT molecular complexity index is 1320. The van der Waals surface area contributed by atoms with E-state index in [9.17, 15) is 4.79 Å². The van der Waals surface area contributed by atoms with Crippen molar-refractivity contribution in [3.05, 3.63) is 60.4 Å². The summed E-state index contributed by atoms with van der Waals surface area (Å²) in [5.41, 5.74) is 13.7. The van der Waals surface area contributed by atoms with Crippen LogP contribution in [-0.4, -0.2) is 35.8 Å². The molecule has 1 atom stereocenters. The van der Waals surface area contributed by atoms with Gasteiger partial charge in [0.2, 0.25) is 11.9 Å². The molecule has 3 aromatic heterocycles. The van der Waals surface area contributed by atoms with Crippen LogP contribution < -0.4 is 11.5 Å². The highest BCUT2D eigenvalue weighted by molar-refractivity contribution is 5.82. The first-order chi connectivity index (χ1) is 16.4. The highest BCUT2D eigenvalue weighted by Crippen LogP contribution is 2.48. The number of rotatable bonds is 7. The molecule has 1 unspecified atom stereocenters. The summed E-state index contributed by atoms with van der Waals surface area (Å²) in [6.07, 6.45) is 10.2. The number of aromatic nitrogens is 6. The summed E-state index contributed by atoms with van der Waals surface area (Å²) in [6, 6.07) is 8.28. The molecule has 1 aliphatic rings. The Morgan fingerprint density at radius 2 is 1.82 bits per heavy atom. The molecule has 1 aromatic carbocycles. The molecule has 4 N–H and O–H groups in total. The second kappa shape index (κ2) is 8.05. The first-order valence-corrected chi connectivity index (χ1v) is 11.2. The SMILES string of the molecule is CCC(C)(C(N)=O)n1cc(-c2nc(C3(c4ccc(-c5cnc(N)nc5)cc4)CCC3)no2)cn1. The second-order valence-electron chi connectivity index (χ2n) is 8.93. The van der Waals surface area contributed by atoms with Crippen LogP contribution in [-0.2, 0) is 15.7 Å². The summed E-state index contributed by atoms with van der Waals surface area (Å²) in [6.45, 7) is 3.65. The van der Waals surface area contributed by atoms with Crippen LogP contribution in [0.2, 0.25) is 0 Å². The van der Waals surface area contributed by atoms with E-state index in [4.69, 9.17) is 21.0 Å². The van der Waals surface area contributed by atoms with Crippen LogP contribution in [0.25, 0.3) is 22.6 Å². The lowest BCUT2D eigenvalue weighted by atomic mass is 9.64. The van der Waals surface area contributed by atoms with Gasteiger partial charge in [-0.3, -0.25) is 9.48 Å². The third kappa shape index (κ3) is 3.42. The summed E-state index contributed by atoms with van der Waals surface area (Å²) in [5, 5.41) is 8.67. The van der Waals surface area contributed by atoms with Gasteiger partial charge in [0.1, 0.15) is 5.54 Å². The van der Waals surface area contributed by atoms with Crippen molar-refractivity contribution in [1.82, 2.24) is 29.9 Å². The molecular weight excluding hydrogens is 432 g/mol. The molecule has 1 amide bonds. The predicted octanol–water partition coefficient (Wildman–Crippen LogP) is 3.05. The van der Waals surface area contributed by atoms with Gasteiger partial charge < -0.3 is 16.0 Å². The number of amides is 1. The molecule has 34 heavy (non-hydrogen) atoms. The first kappa shape index (κ1) is 21.7. The Hall–Kier alpha value is -4.08. The van der Waals surface area contributed by atoms with Crippen LogP contribution in [0, 0.1) is 0 Å². The Kier molecular flexibility index (Phi) is 5.15. The smallest absolute Gasteiger partial charge is 0.261 e. The average molecular weight is 459 g/mol. The van der Waals surface area contributed by atoms with E-state index in [2.05, 4.69) is 32.4 Å². The number of carbonyl (C=O) groups excluding carboxylic acids is 1. The van der Waals surface area contributed by atoms with Crippen LogP contribution in [0.5, 0.6) is 0 Å². The van der Waals surface area contributed by atoms with Gasteiger partial charge in [-0.2, -0.15) is 10.1 Å². The number of carbonyl (C=O) groups is 1. The monoisotopic (exact) mass is 458 g/mol. The van der Waals surface area contributed by atoms with Crippen LogP contribution >= 0.6 is 0 Å². The lowest BCUT2D eigenvalue weighted by Gasteiger charge is -2.39. The number of anilines is 1. The van der Waals surface area contributed by atoms with Crippen LogP contribution in [0.15, 0.2) is 53.6 Å². The highest BCUT2D eigenvalue weighted by atomic mass is 16.5. The third-order valence-electron chi connectivity index (χ3n) is 7.06. The van der Waals surface area contributed by atoms with E-state index in [0.29, 0.717) is 23.7 Å². The van der Waals surface area contributed by atoms with E-state index in [0.717, 1.165) is 36.0 Å². The Morgan fingerprint density at radius 3 is 2.41 bits per heavy atom. The summed E-state index contributed by atoms with van der Waals surface area (Å²) in [7, 11) is 0. The van der Waals surface area contributed by atoms with Gasteiger partial charge in [-0.05, 0) is 37.3 Å². The maximum absolute atomic E-state index is 12.0. The Balaban J connectivity index is 1.43. The van der Waals surface area contributed by atoms with Crippen molar-refractivity contribution in [2.45, 2.75) is 50.5 Å². The molecule has 0 saturated heterocycles. The molecule has 0 bridgehead atoms. The van der Waals surface area contributed by atoms with Gasteiger partial charge in [0, 0.05) is 24.2 Å². The summed E-state index contributed by atoms with van der Waals surface area (Å²) >= 11 is 0. The van der Waals surface area contributed by atoms with Crippen LogP contribution in [0.3, 0.4) is 0 Å². The number of primary amides is 1. The summed E-state index contributed by atoms with van der Waals surface area (Å²) in [4.78, 5) is 24.8. The number of nitrogen functional groups attached to an aromatic ring is 1. The van der Waals surface area contributed by atoms with E-state index in [1.54, 1.807) is 36.4 Å². The molecule has 1 fully saturated rings. The molecule has 0 spiro atoms. The molecule has 0 aliphatic heterocycles. The van der Waals surface area contributed by atoms with E-state index in [-0.39, 0.29) is 11.4 Å². The zero-order valence-electron chi connectivity index (χ0n) is 19.1. The number of hydrogen-bond donors (Lipinski definition) is 2. The van der Waals surface area contributed by atoms with E-state index < -0.39 is 11.4 Å². The van der Waals surface area contributed by atoms with E-state index in [1.165, 1.54) is 0 Å². The zero-order chi connectivity index (χ0) is 23.9. The number of nitrogens with two attached hydrogens (primary N) is 2.